The van der Waals surface area contributed by atoms with Crippen molar-refractivity contribution in [1.82, 2.24) is 10.3 Å². The molecule has 2 rings (SSSR count). The number of nitrogens with one attached hydrogen (secondary N) is 1. The molecule has 4 heteroatoms. The van der Waals surface area contributed by atoms with Gasteiger partial charge in [-0.3, -0.25) is 0 Å². The lowest BCUT2D eigenvalue weighted by Crippen LogP contribution is -2.44. The van der Waals surface area contributed by atoms with Gasteiger partial charge in [0.25, 0.3) is 0 Å². The molecule has 0 amide bonds. The lowest BCUT2D eigenvalue weighted by molar-refractivity contribution is 0.171. The van der Waals surface area contributed by atoms with E-state index in [0.717, 1.165) is 13.2 Å². The second-order valence-corrected chi connectivity index (χ2v) is 7.36. The van der Waals surface area contributed by atoms with Crippen molar-refractivity contribution in [3.05, 3.63) is 16.1 Å². The maximum atomic E-state index is 5.23. The molecular formula is C17H30N2OS. The molecule has 0 spiro atoms. The van der Waals surface area contributed by atoms with Gasteiger partial charge in [-0.2, -0.15) is 0 Å². The summed E-state index contributed by atoms with van der Waals surface area (Å²) < 4.78 is 5.23. The maximum Gasteiger partial charge on any atom is 0.113 e. The van der Waals surface area contributed by atoms with E-state index < -0.39 is 0 Å². The van der Waals surface area contributed by atoms with Crippen molar-refractivity contribution < 1.29 is 4.74 Å². The van der Waals surface area contributed by atoms with Gasteiger partial charge in [0.05, 0.1) is 17.8 Å². The van der Waals surface area contributed by atoms with Gasteiger partial charge in [-0.25, -0.2) is 4.98 Å². The van der Waals surface area contributed by atoms with Crippen LogP contribution in [-0.4, -0.2) is 25.2 Å². The number of nitrogens with zero attached hydrogens (tertiary/aromatic N) is 1. The molecule has 3 nitrogen and oxygen atoms in total. The Hall–Kier alpha value is -0.450. The third-order valence-corrected chi connectivity index (χ3v) is 5.56. The Morgan fingerprint density at radius 2 is 1.90 bits per heavy atom. The first-order valence-corrected chi connectivity index (χ1v) is 9.26. The molecule has 0 aliphatic heterocycles. The number of hydrogen-bond donors (Lipinski definition) is 1. The van der Waals surface area contributed by atoms with E-state index in [4.69, 9.17) is 9.72 Å². The topological polar surface area (TPSA) is 34.1 Å². The second kappa shape index (κ2) is 8.25. The van der Waals surface area contributed by atoms with E-state index in [1.165, 1.54) is 55.6 Å². The summed E-state index contributed by atoms with van der Waals surface area (Å²) in [5, 5.41) is 7.34. The van der Waals surface area contributed by atoms with Gasteiger partial charge in [-0.15, -0.1) is 11.3 Å². The summed E-state index contributed by atoms with van der Waals surface area (Å²) in [6.07, 6.45) is 9.13. The standard InChI is InChI=1S/C17H30N2OS/c1-14(2)15-13-21-16(19-15)17(18-11-12-20-3)9-7-5-4-6-8-10-17/h13-14,18H,4-12H2,1-3H3. The van der Waals surface area contributed by atoms with Crippen LogP contribution in [0.3, 0.4) is 0 Å². The highest BCUT2D eigenvalue weighted by Crippen LogP contribution is 2.37. The van der Waals surface area contributed by atoms with Crippen molar-refractivity contribution in [3.8, 4) is 0 Å². The summed E-state index contributed by atoms with van der Waals surface area (Å²) in [4.78, 5) is 4.97. The highest BCUT2D eigenvalue weighted by atomic mass is 32.1. The summed E-state index contributed by atoms with van der Waals surface area (Å²) in [7, 11) is 1.77. The average molecular weight is 311 g/mol. The minimum absolute atomic E-state index is 0.0801. The Labute approximate surface area is 133 Å². The van der Waals surface area contributed by atoms with Crippen LogP contribution in [0, 0.1) is 0 Å². The van der Waals surface area contributed by atoms with Crippen molar-refractivity contribution in [2.24, 2.45) is 0 Å². The number of methoxy groups -OCH3 is 1. The summed E-state index contributed by atoms with van der Waals surface area (Å²) in [6.45, 7) is 6.13. The number of aromatic nitrogens is 1. The lowest BCUT2D eigenvalue weighted by Gasteiger charge is -2.35. The van der Waals surface area contributed by atoms with Crippen LogP contribution in [0.2, 0.25) is 0 Å². The van der Waals surface area contributed by atoms with Crippen molar-refractivity contribution in [1.29, 1.82) is 0 Å². The molecule has 1 heterocycles. The number of hydrogen-bond acceptors (Lipinski definition) is 4. The highest BCUT2D eigenvalue weighted by molar-refractivity contribution is 7.09. The van der Waals surface area contributed by atoms with Crippen LogP contribution in [0.25, 0.3) is 0 Å². The molecule has 21 heavy (non-hydrogen) atoms. The van der Waals surface area contributed by atoms with E-state index in [-0.39, 0.29) is 5.54 Å². The number of ether oxygens (including phenoxy) is 1. The van der Waals surface area contributed by atoms with Crippen molar-refractivity contribution in [2.75, 3.05) is 20.3 Å². The van der Waals surface area contributed by atoms with Gasteiger partial charge in [0, 0.05) is 19.0 Å². The van der Waals surface area contributed by atoms with Gasteiger partial charge >= 0.3 is 0 Å². The van der Waals surface area contributed by atoms with Crippen LogP contribution < -0.4 is 5.32 Å². The fourth-order valence-electron chi connectivity index (χ4n) is 3.14. The van der Waals surface area contributed by atoms with Gasteiger partial charge in [0.2, 0.25) is 0 Å². The average Bonchev–Trinajstić information content (AvgIpc) is 2.92. The Morgan fingerprint density at radius 3 is 2.48 bits per heavy atom. The number of thiazole rings is 1. The fourth-order valence-corrected chi connectivity index (χ4v) is 4.36. The molecule has 1 fully saturated rings. The first-order chi connectivity index (χ1) is 10.2. The number of rotatable bonds is 6. The normalized spacial score (nSPS) is 19.4. The van der Waals surface area contributed by atoms with Crippen molar-refractivity contribution in [2.45, 2.75) is 70.3 Å². The van der Waals surface area contributed by atoms with E-state index in [2.05, 4.69) is 24.5 Å². The van der Waals surface area contributed by atoms with E-state index in [1.807, 2.05) is 11.3 Å². The summed E-state index contributed by atoms with van der Waals surface area (Å²) in [5.41, 5.74) is 1.32. The zero-order valence-corrected chi connectivity index (χ0v) is 14.6. The Bertz CT molecular complexity index is 409. The molecule has 1 saturated carbocycles. The largest absolute Gasteiger partial charge is 0.383 e. The summed E-state index contributed by atoms with van der Waals surface area (Å²) >= 11 is 1.84. The van der Waals surface area contributed by atoms with E-state index in [9.17, 15) is 0 Å². The molecule has 0 atom stereocenters. The van der Waals surface area contributed by atoms with E-state index in [1.54, 1.807) is 7.11 Å². The van der Waals surface area contributed by atoms with Crippen molar-refractivity contribution in [3.63, 3.8) is 0 Å². The molecule has 1 aromatic rings. The zero-order valence-electron chi connectivity index (χ0n) is 13.8. The summed E-state index contributed by atoms with van der Waals surface area (Å²) in [6, 6.07) is 0. The third kappa shape index (κ3) is 4.51. The van der Waals surface area contributed by atoms with Gasteiger partial charge in [-0.05, 0) is 18.8 Å². The minimum Gasteiger partial charge on any atom is -0.383 e. The van der Waals surface area contributed by atoms with Gasteiger partial charge in [0.1, 0.15) is 5.01 Å². The van der Waals surface area contributed by atoms with Gasteiger partial charge in [0.15, 0.2) is 0 Å². The molecule has 1 aromatic heterocycles. The molecule has 1 aliphatic rings. The first-order valence-electron chi connectivity index (χ1n) is 8.38. The van der Waals surface area contributed by atoms with Crippen LogP contribution in [0.5, 0.6) is 0 Å². The quantitative estimate of drug-likeness (QED) is 0.789. The molecule has 0 radical (unpaired) electrons. The van der Waals surface area contributed by atoms with Crippen LogP contribution >= 0.6 is 11.3 Å². The smallest absolute Gasteiger partial charge is 0.113 e. The zero-order chi connectivity index (χ0) is 15.1. The monoisotopic (exact) mass is 310 g/mol. The Kier molecular flexibility index (Phi) is 6.65. The van der Waals surface area contributed by atoms with E-state index >= 15 is 0 Å². The SMILES string of the molecule is COCCNC1(c2nc(C(C)C)cs2)CCCCCCC1. The Morgan fingerprint density at radius 1 is 1.24 bits per heavy atom. The molecule has 0 unspecified atom stereocenters. The third-order valence-electron chi connectivity index (χ3n) is 4.50. The first kappa shape index (κ1) is 16.9. The molecule has 1 aliphatic carbocycles. The van der Waals surface area contributed by atoms with Crippen LogP contribution in [0.4, 0.5) is 0 Å². The molecule has 0 saturated heterocycles. The molecular weight excluding hydrogens is 280 g/mol. The lowest BCUT2D eigenvalue weighted by atomic mass is 9.84. The summed E-state index contributed by atoms with van der Waals surface area (Å²) in [5.74, 6) is 0.514. The molecule has 0 aromatic carbocycles. The van der Waals surface area contributed by atoms with Gasteiger partial charge < -0.3 is 10.1 Å². The van der Waals surface area contributed by atoms with Gasteiger partial charge in [-0.1, -0.05) is 46.0 Å². The highest BCUT2D eigenvalue weighted by Gasteiger charge is 2.34. The van der Waals surface area contributed by atoms with E-state index in [0.29, 0.717) is 5.92 Å². The van der Waals surface area contributed by atoms with Crippen LogP contribution in [0.15, 0.2) is 5.38 Å². The fraction of sp³-hybridized carbons (Fsp3) is 0.824. The minimum atomic E-state index is 0.0801. The maximum absolute atomic E-state index is 5.23. The predicted octanol–water partition coefficient (Wildman–Crippen LogP) is 4.44. The predicted molar refractivity (Wildman–Crippen MR) is 90.1 cm³/mol. The molecule has 1 N–H and O–H groups in total. The molecule has 0 bridgehead atoms. The Balaban J connectivity index is 2.19. The van der Waals surface area contributed by atoms with Crippen LogP contribution in [-0.2, 0) is 10.3 Å². The van der Waals surface area contributed by atoms with Crippen LogP contribution in [0.1, 0.15) is 75.4 Å². The molecule has 120 valence electrons. The van der Waals surface area contributed by atoms with Crippen molar-refractivity contribution >= 4 is 11.3 Å². The second-order valence-electron chi connectivity index (χ2n) is 6.50.